The second-order valence-corrected chi connectivity index (χ2v) is 31.3. The molecule has 10 N–H and O–H groups in total. The molecule has 4 saturated heterocycles. The number of anilines is 2. The minimum Gasteiger partial charge on any atom is -0.495 e. The minimum atomic E-state index is -1.89. The Balaban J connectivity index is 0.000000442. The Hall–Kier alpha value is -8.77. The van der Waals surface area contributed by atoms with Crippen molar-refractivity contribution in [1.29, 1.82) is 0 Å². The summed E-state index contributed by atoms with van der Waals surface area (Å²) in [5.74, 6) is -0.929. The fraction of sp³-hybridized carbons (Fsp3) is 0.617. The van der Waals surface area contributed by atoms with Crippen molar-refractivity contribution in [3.05, 3.63) is 93.0 Å². The van der Waals surface area contributed by atoms with Gasteiger partial charge in [0.15, 0.2) is 17.2 Å². The molecule has 4 fully saturated rings. The standard InChI is InChI=1S/C47H68ClN7O14.C32H44ClN3O9.2CH4/c1-24-14-12-15-35(66-11)47(64)23-34(67-45(63)52-47)26(3)41-46(7,69-41)36(22-39(59)55(9)31-20-30(18-24)21-33(65-10)40(31)48)68-44(62)29(6)54(8)38(58)17-13-16-37(57)50-27(4)32(56)19-25(2)42(60)51-28(5)43(61)53-49;1-17-10-9-11-24(42-8)32(40)16-23(43-30(39)35-32)18(2)28-31(4,45-28)25(44-29(38)19(3)34-5)15-26(37)36(6)21-13-20(12-17)14-22(41-7)27(21)33;;/h12,14-15,20-21,25-29,34-36,41,64H,13,16-19,22-23,49H2,1-11H3,(H,50,57)(H,51,60)(H,52,63)(H,53,61);9-11,13-14,18-19,23-25,28,34,40H,12,15-16H2,1-8H3,(H,35,39);2*1H4/b15-12+,24-14+;11-9+,17-10+;;. The number of amides is 8. The number of hydrogen-bond acceptors (Lipinski definition) is 25. The first-order chi connectivity index (χ1) is 53.5. The molecular formula is C81H120Cl2N10O23. The summed E-state index contributed by atoms with van der Waals surface area (Å²) in [6.45, 7) is 18.3. The molecule has 116 heavy (non-hydrogen) atoms. The van der Waals surface area contributed by atoms with E-state index < -0.39 is 179 Å². The summed E-state index contributed by atoms with van der Waals surface area (Å²) in [5.41, 5.74) is 0.0399. The zero-order chi connectivity index (χ0) is 85.0. The van der Waals surface area contributed by atoms with E-state index in [0.29, 0.717) is 35.7 Å². The van der Waals surface area contributed by atoms with Crippen molar-refractivity contribution in [2.75, 3.05) is 66.4 Å². The smallest absolute Gasteiger partial charge is 0.409 e. The van der Waals surface area contributed by atoms with Gasteiger partial charge in [0.25, 0.3) is 5.91 Å². The monoisotopic (exact) mass is 1670 g/mol. The number of esters is 2. The molecule has 0 spiro atoms. The zero-order valence-electron chi connectivity index (χ0n) is 68.1. The number of nitrogens with one attached hydrogen (secondary N) is 6. The van der Waals surface area contributed by atoms with Crippen LogP contribution in [0.15, 0.2) is 71.9 Å². The Morgan fingerprint density at radius 3 is 1.49 bits per heavy atom. The summed E-state index contributed by atoms with van der Waals surface area (Å²) in [5, 5.41) is 36.7. The number of aliphatic hydroxyl groups is 2. The average Bonchev–Trinajstić information content (AvgIpc) is 1.57. The van der Waals surface area contributed by atoms with Crippen molar-refractivity contribution in [1.82, 2.24) is 36.9 Å². The summed E-state index contributed by atoms with van der Waals surface area (Å²) in [4.78, 5) is 148. The molecule has 8 rings (SSSR count). The molecule has 646 valence electrons. The third kappa shape index (κ3) is 23.8. The van der Waals surface area contributed by atoms with E-state index in [1.165, 1.54) is 80.0 Å². The number of likely N-dealkylation sites (N-methyl/N-ethyl adjacent to an activating group) is 2. The van der Waals surface area contributed by atoms with E-state index in [0.717, 1.165) is 27.2 Å². The van der Waals surface area contributed by atoms with E-state index in [2.05, 4.69) is 26.6 Å². The van der Waals surface area contributed by atoms with E-state index in [1.807, 2.05) is 44.4 Å². The second kappa shape index (κ2) is 41.6. The number of allylic oxidation sites excluding steroid dienone is 6. The van der Waals surface area contributed by atoms with Crippen LogP contribution in [-0.2, 0) is 93.9 Å². The van der Waals surface area contributed by atoms with Crippen LogP contribution in [0.25, 0.3) is 0 Å². The first-order valence-electron chi connectivity index (χ1n) is 37.7. The number of nitrogens with zero attached hydrogens (tertiary/aromatic N) is 3. The molecule has 0 aromatic heterocycles. The third-order valence-corrected chi connectivity index (χ3v) is 22.8. The second-order valence-electron chi connectivity index (χ2n) is 30.6. The Kier molecular flexibility index (Phi) is 35.0. The molecule has 8 amide bonds. The third-order valence-electron chi connectivity index (χ3n) is 22.0. The van der Waals surface area contributed by atoms with Crippen LogP contribution in [-0.4, -0.2) is 233 Å². The number of alkyl carbamates (subject to hydrolysis) is 2. The van der Waals surface area contributed by atoms with Gasteiger partial charge in [-0.1, -0.05) is 106 Å². The molecule has 19 atom stereocenters. The zero-order valence-corrected chi connectivity index (χ0v) is 69.7. The van der Waals surface area contributed by atoms with Gasteiger partial charge in [0.2, 0.25) is 29.5 Å². The van der Waals surface area contributed by atoms with Crippen LogP contribution in [0.4, 0.5) is 21.0 Å². The molecule has 6 aliphatic heterocycles. The van der Waals surface area contributed by atoms with Crippen LogP contribution in [0.5, 0.6) is 11.5 Å². The number of carbonyl (C=O) groups excluding carboxylic acids is 11. The molecule has 6 aliphatic rings. The van der Waals surface area contributed by atoms with Gasteiger partial charge >= 0.3 is 24.1 Å². The predicted molar refractivity (Wildman–Crippen MR) is 432 cm³/mol. The number of hydrazine groups is 1. The number of Topliss-reactive ketones (excluding diaryl/α,β-unsaturated/α-hetero) is 1. The molecule has 6 heterocycles. The molecule has 2 aromatic carbocycles. The van der Waals surface area contributed by atoms with E-state index in [1.54, 1.807) is 84.3 Å². The highest BCUT2D eigenvalue weighted by Gasteiger charge is 2.66. The van der Waals surface area contributed by atoms with Gasteiger partial charge in [-0.05, 0) is 117 Å². The van der Waals surface area contributed by atoms with E-state index in [9.17, 15) is 63.0 Å². The quantitative estimate of drug-likeness (QED) is 0.0154. The lowest BCUT2D eigenvalue weighted by molar-refractivity contribution is -0.162. The van der Waals surface area contributed by atoms with Gasteiger partial charge in [-0.15, -0.1) is 0 Å². The van der Waals surface area contributed by atoms with Crippen molar-refractivity contribution in [3.63, 3.8) is 0 Å². The van der Waals surface area contributed by atoms with Gasteiger partial charge in [-0.25, -0.2) is 20.2 Å². The first kappa shape index (κ1) is 97.8. The lowest BCUT2D eigenvalue weighted by atomic mass is 9.83. The first-order valence-corrected chi connectivity index (χ1v) is 38.5. The number of epoxide rings is 2. The van der Waals surface area contributed by atoms with Crippen LogP contribution in [0, 0.1) is 17.8 Å². The highest BCUT2D eigenvalue weighted by Crippen LogP contribution is 2.51. The predicted octanol–water partition coefficient (Wildman–Crippen LogP) is 6.83. The Labute approximate surface area is 689 Å². The van der Waals surface area contributed by atoms with Crippen LogP contribution in [0.1, 0.15) is 154 Å². The van der Waals surface area contributed by atoms with Gasteiger partial charge in [-0.3, -0.25) is 54.4 Å². The molecule has 0 aliphatic carbocycles. The van der Waals surface area contributed by atoms with Gasteiger partial charge < -0.3 is 88.2 Å². The van der Waals surface area contributed by atoms with Crippen molar-refractivity contribution in [2.24, 2.45) is 23.6 Å². The number of rotatable bonds is 21. The lowest BCUT2D eigenvalue weighted by Gasteiger charge is -2.42. The number of fused-ring (bicyclic) bond motifs is 10. The van der Waals surface area contributed by atoms with Crippen molar-refractivity contribution >= 4 is 99.9 Å². The summed E-state index contributed by atoms with van der Waals surface area (Å²) < 4.78 is 58.1. The van der Waals surface area contributed by atoms with Crippen molar-refractivity contribution in [3.8, 4) is 11.5 Å². The fourth-order valence-electron chi connectivity index (χ4n) is 14.3. The van der Waals surface area contributed by atoms with Crippen LogP contribution < -0.4 is 57.1 Å². The van der Waals surface area contributed by atoms with E-state index >= 15 is 0 Å². The Morgan fingerprint density at radius 1 is 0.655 bits per heavy atom. The molecular weight excluding hydrogens is 1550 g/mol. The molecule has 8 bridgehead atoms. The number of hydrogen-bond donors (Lipinski definition) is 9. The largest absolute Gasteiger partial charge is 0.495 e. The van der Waals surface area contributed by atoms with E-state index in [4.69, 9.17) is 76.4 Å². The summed E-state index contributed by atoms with van der Waals surface area (Å²) >= 11 is 13.5. The average molecular weight is 1670 g/mol. The number of halogens is 2. The van der Waals surface area contributed by atoms with Gasteiger partial charge in [0.05, 0.1) is 56.7 Å². The number of ether oxygens (including phenoxy) is 10. The van der Waals surface area contributed by atoms with Crippen LogP contribution >= 0.6 is 23.2 Å². The van der Waals surface area contributed by atoms with Crippen molar-refractivity contribution < 1.29 is 110 Å². The molecule has 19 unspecified atom stereocenters. The minimum absolute atomic E-state index is 0. The Morgan fingerprint density at radius 2 is 1.09 bits per heavy atom. The molecule has 35 heteroatoms. The van der Waals surface area contributed by atoms with Crippen molar-refractivity contribution in [2.45, 2.75) is 251 Å². The number of nitrogens with two attached hydrogens (primary N) is 1. The number of ketones is 1. The van der Waals surface area contributed by atoms with Crippen LogP contribution in [0.2, 0.25) is 10.0 Å². The molecule has 2 aromatic rings. The number of carbonyl (C=O) groups is 11. The van der Waals surface area contributed by atoms with Gasteiger partial charge in [0, 0.05) is 85.2 Å². The summed E-state index contributed by atoms with van der Waals surface area (Å²) in [7, 11) is 12.0. The normalized spacial score (nSPS) is 30.0. The highest BCUT2D eigenvalue weighted by atomic mass is 35.5. The molecule has 33 nitrogen and oxygen atoms in total. The number of benzene rings is 2. The molecule has 0 saturated carbocycles. The van der Waals surface area contributed by atoms with E-state index in [-0.39, 0.29) is 75.8 Å². The maximum atomic E-state index is 14.3. The number of methoxy groups -OCH3 is 4. The summed E-state index contributed by atoms with van der Waals surface area (Å²) in [6.07, 6.45) is 1.33. The SMILES string of the molecule is C.C.CNC(C)C(=O)OC1CC(=O)N(C)c2cc(cc(OC)c2Cl)C/C(C)=C/C=C/C(OC)C2(O)CC(OC(=O)N2)C(C)C2OC12C.COc1cc2cc(c1Cl)N(C)C(=O)CC(OC(=O)C(C)N(C)C(=O)CCCC(=O)NC(C)C(=O)CC(C)C(=O)NC(C)C(=O)NN)C1(C)OC1C(C)C1CC(O)(NC(=O)O1)C(OC)/C=C/C=C(\C)C2. The highest BCUT2D eigenvalue weighted by molar-refractivity contribution is 6.36. The van der Waals surface area contributed by atoms with Gasteiger partial charge in [-0.2, -0.15) is 0 Å². The van der Waals surface area contributed by atoms with Crippen LogP contribution in [0.3, 0.4) is 0 Å². The topological polar surface area (TPSA) is 435 Å². The Bertz CT molecular complexity index is 4050. The van der Waals surface area contributed by atoms with Gasteiger partial charge in [0.1, 0.15) is 87.5 Å². The maximum absolute atomic E-state index is 14.3. The molecule has 0 radical (unpaired) electrons. The summed E-state index contributed by atoms with van der Waals surface area (Å²) in [6, 6.07) is 3.45. The fourth-order valence-corrected chi connectivity index (χ4v) is 14.9. The lowest BCUT2D eigenvalue weighted by Crippen LogP contribution is -2.63. The maximum Gasteiger partial charge on any atom is 0.409 e.